The van der Waals surface area contributed by atoms with Crippen LogP contribution < -0.4 is 5.32 Å². The lowest BCUT2D eigenvalue weighted by molar-refractivity contribution is 0.148. The van der Waals surface area contributed by atoms with E-state index in [4.69, 9.17) is 4.74 Å². The molecule has 0 aliphatic rings. The van der Waals surface area contributed by atoms with Gasteiger partial charge in [-0.05, 0) is 37.6 Å². The van der Waals surface area contributed by atoms with Gasteiger partial charge in [0.25, 0.3) is 0 Å². The Kier molecular flexibility index (Phi) is 7.35. The molecular formula is C15H23NO. The van der Waals surface area contributed by atoms with Crippen LogP contribution in [0.25, 0.3) is 0 Å². The maximum Gasteiger partial charge on any atom is 0.0721 e. The van der Waals surface area contributed by atoms with Gasteiger partial charge in [-0.15, -0.1) is 0 Å². The van der Waals surface area contributed by atoms with Gasteiger partial charge in [0.1, 0.15) is 0 Å². The first kappa shape index (κ1) is 13.9. The molecule has 2 nitrogen and oxygen atoms in total. The van der Waals surface area contributed by atoms with Gasteiger partial charge in [0, 0.05) is 0 Å². The van der Waals surface area contributed by atoms with Gasteiger partial charge in [0.15, 0.2) is 0 Å². The number of ether oxygens (including phenoxy) is 1. The highest BCUT2D eigenvalue weighted by Gasteiger charge is 1.95. The number of benzene rings is 1. The van der Waals surface area contributed by atoms with E-state index in [2.05, 4.69) is 36.5 Å². The summed E-state index contributed by atoms with van der Waals surface area (Å²) in [5.41, 5.74) is 2.62. The van der Waals surface area contributed by atoms with Crippen molar-refractivity contribution < 1.29 is 4.74 Å². The Labute approximate surface area is 105 Å². The van der Waals surface area contributed by atoms with Gasteiger partial charge < -0.3 is 10.1 Å². The first-order valence-corrected chi connectivity index (χ1v) is 6.34. The lowest BCUT2D eigenvalue weighted by Crippen LogP contribution is -2.15. The van der Waals surface area contributed by atoms with Crippen molar-refractivity contribution >= 4 is 0 Å². The molecule has 0 aliphatic carbocycles. The molecule has 0 aliphatic heterocycles. The van der Waals surface area contributed by atoms with Gasteiger partial charge in [-0.3, -0.25) is 0 Å². The van der Waals surface area contributed by atoms with E-state index >= 15 is 0 Å². The van der Waals surface area contributed by atoms with Crippen molar-refractivity contribution in [3.05, 3.63) is 47.5 Å². The second-order valence-corrected chi connectivity index (χ2v) is 4.00. The maximum atomic E-state index is 5.50. The van der Waals surface area contributed by atoms with Crippen LogP contribution in [-0.4, -0.2) is 19.7 Å². The molecule has 0 amide bonds. The first-order chi connectivity index (χ1) is 8.36. The largest absolute Gasteiger partial charge is 0.373 e. The first-order valence-electron chi connectivity index (χ1n) is 6.34. The lowest BCUT2D eigenvalue weighted by Gasteiger charge is -2.05. The smallest absolute Gasteiger partial charge is 0.0721 e. The molecule has 1 rings (SSSR count). The van der Waals surface area contributed by atoms with Crippen LogP contribution in [-0.2, 0) is 17.8 Å². The summed E-state index contributed by atoms with van der Waals surface area (Å²) in [6.07, 6.45) is 5.11. The Morgan fingerprint density at radius 3 is 2.53 bits per heavy atom. The zero-order valence-electron chi connectivity index (χ0n) is 10.9. The molecule has 0 saturated heterocycles. The number of hydrogen-bond donors (Lipinski definition) is 1. The number of rotatable bonds is 8. The molecule has 0 fully saturated rings. The summed E-state index contributed by atoms with van der Waals surface area (Å²) in [7, 11) is 0. The van der Waals surface area contributed by atoms with Gasteiger partial charge >= 0.3 is 0 Å². The van der Waals surface area contributed by atoms with Gasteiger partial charge in [0.05, 0.1) is 13.2 Å². The summed E-state index contributed by atoms with van der Waals surface area (Å²) in [5.74, 6) is 0. The fourth-order valence-electron chi connectivity index (χ4n) is 1.55. The van der Waals surface area contributed by atoms with E-state index in [1.807, 2.05) is 19.1 Å². The Morgan fingerprint density at radius 1 is 1.18 bits per heavy atom. The average Bonchev–Trinajstić information content (AvgIpc) is 2.37. The third-order valence-electron chi connectivity index (χ3n) is 2.58. The van der Waals surface area contributed by atoms with Crippen molar-refractivity contribution in [3.8, 4) is 0 Å². The van der Waals surface area contributed by atoms with E-state index in [0.29, 0.717) is 13.2 Å². The molecule has 0 radical (unpaired) electrons. The predicted molar refractivity (Wildman–Crippen MR) is 73.2 cm³/mol. The highest BCUT2D eigenvalue weighted by Crippen LogP contribution is 2.06. The van der Waals surface area contributed by atoms with E-state index < -0.39 is 0 Å². The summed E-state index contributed by atoms with van der Waals surface area (Å²) in [6.45, 7) is 7.61. The zero-order chi connectivity index (χ0) is 12.3. The van der Waals surface area contributed by atoms with E-state index in [1.54, 1.807) is 0 Å². The number of likely N-dealkylation sites (N-methyl/N-ethyl adjacent to an activating group) is 1. The van der Waals surface area contributed by atoms with E-state index in [0.717, 1.165) is 19.5 Å². The van der Waals surface area contributed by atoms with E-state index in [1.165, 1.54) is 11.1 Å². The van der Waals surface area contributed by atoms with Crippen LogP contribution in [0.3, 0.4) is 0 Å². The van der Waals surface area contributed by atoms with Crippen molar-refractivity contribution in [2.45, 2.75) is 26.9 Å². The van der Waals surface area contributed by atoms with Crippen molar-refractivity contribution in [2.75, 3.05) is 19.7 Å². The Bertz CT molecular complexity index is 316. The van der Waals surface area contributed by atoms with Gasteiger partial charge in [-0.25, -0.2) is 0 Å². The van der Waals surface area contributed by atoms with Crippen LogP contribution in [0, 0.1) is 0 Å². The standard InChI is InChI=1S/C15H23NO/c1-3-5-12-17-13-15-8-6-14(7-9-15)10-11-16-4-2/h3,5-9,16H,4,10-13H2,1-2H3/b5-3+. The molecular weight excluding hydrogens is 210 g/mol. The molecule has 1 aromatic carbocycles. The molecule has 17 heavy (non-hydrogen) atoms. The van der Waals surface area contributed by atoms with Crippen molar-refractivity contribution in [2.24, 2.45) is 0 Å². The van der Waals surface area contributed by atoms with Crippen molar-refractivity contribution in [3.63, 3.8) is 0 Å². The third kappa shape index (κ3) is 6.25. The minimum absolute atomic E-state index is 0.692. The SMILES string of the molecule is C/C=C/COCc1ccc(CCNCC)cc1. The van der Waals surface area contributed by atoms with Crippen molar-refractivity contribution in [1.29, 1.82) is 0 Å². The maximum absolute atomic E-state index is 5.50. The Morgan fingerprint density at radius 2 is 1.88 bits per heavy atom. The van der Waals surface area contributed by atoms with Crippen LogP contribution in [0.2, 0.25) is 0 Å². The highest BCUT2D eigenvalue weighted by molar-refractivity contribution is 5.22. The molecule has 0 atom stereocenters. The minimum Gasteiger partial charge on any atom is -0.373 e. The van der Waals surface area contributed by atoms with E-state index in [-0.39, 0.29) is 0 Å². The average molecular weight is 233 g/mol. The number of allylic oxidation sites excluding steroid dienone is 1. The summed E-state index contributed by atoms with van der Waals surface area (Å²) in [5, 5.41) is 3.33. The third-order valence-corrected chi connectivity index (χ3v) is 2.58. The molecule has 1 aromatic rings. The van der Waals surface area contributed by atoms with E-state index in [9.17, 15) is 0 Å². The van der Waals surface area contributed by atoms with Crippen LogP contribution >= 0.6 is 0 Å². The highest BCUT2D eigenvalue weighted by atomic mass is 16.5. The molecule has 0 heterocycles. The molecule has 94 valence electrons. The molecule has 0 spiro atoms. The summed E-state index contributed by atoms with van der Waals surface area (Å²) in [6, 6.07) is 8.67. The molecule has 0 aromatic heterocycles. The molecule has 0 saturated carbocycles. The fourth-order valence-corrected chi connectivity index (χ4v) is 1.55. The Hall–Kier alpha value is -1.12. The number of hydrogen-bond acceptors (Lipinski definition) is 2. The monoisotopic (exact) mass is 233 g/mol. The second kappa shape index (κ2) is 8.97. The van der Waals surface area contributed by atoms with Crippen molar-refractivity contribution in [1.82, 2.24) is 5.32 Å². The molecule has 1 N–H and O–H groups in total. The normalized spacial score (nSPS) is 11.2. The predicted octanol–water partition coefficient (Wildman–Crippen LogP) is 2.93. The quantitative estimate of drug-likeness (QED) is 0.550. The van der Waals surface area contributed by atoms with Gasteiger partial charge in [0.2, 0.25) is 0 Å². The number of nitrogens with one attached hydrogen (secondary N) is 1. The summed E-state index contributed by atoms with van der Waals surface area (Å²) in [4.78, 5) is 0. The van der Waals surface area contributed by atoms with Crippen LogP contribution in [0.15, 0.2) is 36.4 Å². The van der Waals surface area contributed by atoms with Gasteiger partial charge in [-0.2, -0.15) is 0 Å². The summed E-state index contributed by atoms with van der Waals surface area (Å²) < 4.78 is 5.50. The molecule has 0 unspecified atom stereocenters. The fraction of sp³-hybridized carbons (Fsp3) is 0.467. The minimum atomic E-state index is 0.692. The van der Waals surface area contributed by atoms with Crippen LogP contribution in [0.5, 0.6) is 0 Å². The van der Waals surface area contributed by atoms with Gasteiger partial charge in [-0.1, -0.05) is 43.3 Å². The van der Waals surface area contributed by atoms with Crippen LogP contribution in [0.4, 0.5) is 0 Å². The summed E-state index contributed by atoms with van der Waals surface area (Å²) >= 11 is 0. The topological polar surface area (TPSA) is 21.3 Å². The lowest BCUT2D eigenvalue weighted by atomic mass is 10.1. The Balaban J connectivity index is 2.29. The zero-order valence-corrected chi connectivity index (χ0v) is 10.9. The van der Waals surface area contributed by atoms with Crippen LogP contribution in [0.1, 0.15) is 25.0 Å². The second-order valence-electron chi connectivity index (χ2n) is 4.00. The molecule has 2 heteroatoms. The molecule has 0 bridgehead atoms.